The van der Waals surface area contributed by atoms with Gasteiger partial charge in [0, 0.05) is 23.3 Å². The third-order valence-corrected chi connectivity index (χ3v) is 2.19. The summed E-state index contributed by atoms with van der Waals surface area (Å²) < 4.78 is 0.797. The fraction of sp³-hybridized carbons (Fsp3) is 0. The van der Waals surface area contributed by atoms with Crippen LogP contribution in [-0.2, 0) is 0 Å². The average Bonchev–Trinajstić information content (AvgIpc) is 2.28. The number of imide groups is 1. The van der Waals surface area contributed by atoms with E-state index in [9.17, 15) is 9.59 Å². The van der Waals surface area contributed by atoms with Gasteiger partial charge in [0.05, 0.1) is 11.1 Å². The van der Waals surface area contributed by atoms with E-state index in [0.29, 0.717) is 11.1 Å². The van der Waals surface area contributed by atoms with Crippen LogP contribution in [0.1, 0.15) is 20.7 Å². The molecule has 0 aliphatic carbocycles. The van der Waals surface area contributed by atoms with Crippen LogP contribution in [0.25, 0.3) is 0 Å². The molecule has 61 valence electrons. The van der Waals surface area contributed by atoms with Crippen LogP contribution in [0.5, 0.6) is 0 Å². The molecular weight excluding hydrogens is 229 g/mol. The summed E-state index contributed by atoms with van der Waals surface area (Å²) in [6.45, 7) is 0. The van der Waals surface area contributed by atoms with Gasteiger partial charge >= 0.3 is 0 Å². The maximum absolute atomic E-state index is 11.1. The number of nitrogens with one attached hydrogen (secondary N) is 1. The predicted molar refractivity (Wildman–Crippen MR) is 51.7 cm³/mol. The number of amides is 2. The number of carbonyl (C=O) groups is 2. The molecule has 13 heavy (non-hydrogen) atoms. The zero-order valence-corrected chi connectivity index (χ0v) is 8.51. The van der Waals surface area contributed by atoms with Crippen molar-refractivity contribution in [2.75, 3.05) is 0 Å². The molecule has 1 aromatic carbocycles. The zero-order valence-electron chi connectivity index (χ0n) is 6.93. The molecule has 0 aromatic heterocycles. The normalized spacial score (nSPS) is 13.3. The molecule has 1 aliphatic heterocycles. The number of carbonyl (C=O) groups excluding carboxylic acids is 2. The van der Waals surface area contributed by atoms with E-state index in [0.717, 1.165) is 4.47 Å². The molecule has 1 radical (unpaired) electrons. The zero-order chi connectivity index (χ0) is 8.72. The predicted octanol–water partition coefficient (Wildman–Crippen LogP) is 0.952. The van der Waals surface area contributed by atoms with Crippen molar-refractivity contribution in [3.8, 4) is 0 Å². The summed E-state index contributed by atoms with van der Waals surface area (Å²) in [6, 6.07) is 4.99. The van der Waals surface area contributed by atoms with Crippen molar-refractivity contribution in [3.05, 3.63) is 33.8 Å². The Morgan fingerprint density at radius 2 is 1.69 bits per heavy atom. The molecule has 2 rings (SSSR count). The van der Waals surface area contributed by atoms with Crippen LogP contribution in [0.4, 0.5) is 0 Å². The van der Waals surface area contributed by atoms with Gasteiger partial charge in [-0.05, 0) is 18.2 Å². The minimum Gasteiger partial charge on any atom is -0.288 e. The van der Waals surface area contributed by atoms with Crippen LogP contribution in [0.15, 0.2) is 22.7 Å². The Hall–Kier alpha value is -0.563. The van der Waals surface area contributed by atoms with Gasteiger partial charge in [0.25, 0.3) is 11.8 Å². The minimum absolute atomic E-state index is 0. The summed E-state index contributed by atoms with van der Waals surface area (Å²) in [5.41, 5.74) is 0.887. The van der Waals surface area contributed by atoms with Gasteiger partial charge in [0.1, 0.15) is 0 Å². The fourth-order valence-corrected chi connectivity index (χ4v) is 1.50. The van der Waals surface area contributed by atoms with E-state index in [1.807, 2.05) is 0 Å². The van der Waals surface area contributed by atoms with Crippen molar-refractivity contribution in [3.63, 3.8) is 0 Å². The third kappa shape index (κ3) is 1.71. The average molecular weight is 233 g/mol. The molecule has 1 aliphatic rings. The van der Waals surface area contributed by atoms with Crippen LogP contribution < -0.4 is 5.32 Å². The van der Waals surface area contributed by atoms with Gasteiger partial charge in [0.2, 0.25) is 0 Å². The molecular formula is C8H4BrLiNO2. The number of hydrogen-bond acceptors (Lipinski definition) is 2. The maximum Gasteiger partial charge on any atom is 0.258 e. The summed E-state index contributed by atoms with van der Waals surface area (Å²) in [6.07, 6.45) is 0. The summed E-state index contributed by atoms with van der Waals surface area (Å²) in [5.74, 6) is -0.640. The molecule has 1 aromatic rings. The Labute approximate surface area is 95.2 Å². The fourth-order valence-electron chi connectivity index (χ4n) is 1.14. The number of halogens is 1. The van der Waals surface area contributed by atoms with Gasteiger partial charge in [0.15, 0.2) is 0 Å². The van der Waals surface area contributed by atoms with Gasteiger partial charge in [-0.25, -0.2) is 0 Å². The Bertz CT molecular complexity index is 392. The molecule has 0 atom stereocenters. The molecule has 0 bridgehead atoms. The van der Waals surface area contributed by atoms with E-state index >= 15 is 0 Å². The summed E-state index contributed by atoms with van der Waals surface area (Å²) in [5, 5.41) is 2.21. The largest absolute Gasteiger partial charge is 0.288 e. The van der Waals surface area contributed by atoms with Gasteiger partial charge in [-0.15, -0.1) is 0 Å². The monoisotopic (exact) mass is 232 g/mol. The number of fused-ring (bicyclic) bond motifs is 1. The number of rotatable bonds is 0. The van der Waals surface area contributed by atoms with Gasteiger partial charge in [-0.2, -0.15) is 0 Å². The van der Waals surface area contributed by atoms with Crippen LogP contribution >= 0.6 is 15.9 Å². The van der Waals surface area contributed by atoms with Crippen molar-refractivity contribution in [2.45, 2.75) is 0 Å². The van der Waals surface area contributed by atoms with Crippen molar-refractivity contribution in [1.29, 1.82) is 0 Å². The SMILES string of the molecule is O=C1NC(=O)c2cc(Br)ccc21.[Li]. The molecule has 3 nitrogen and oxygen atoms in total. The van der Waals surface area contributed by atoms with E-state index in [2.05, 4.69) is 21.2 Å². The molecule has 1 N–H and O–H groups in total. The van der Waals surface area contributed by atoms with Crippen molar-refractivity contribution in [2.24, 2.45) is 0 Å². The van der Waals surface area contributed by atoms with Gasteiger partial charge in [-0.3, -0.25) is 14.9 Å². The van der Waals surface area contributed by atoms with Crippen LogP contribution in [0.3, 0.4) is 0 Å². The molecule has 1 heterocycles. The summed E-state index contributed by atoms with van der Waals surface area (Å²) >= 11 is 3.22. The van der Waals surface area contributed by atoms with Crippen LogP contribution in [-0.4, -0.2) is 30.7 Å². The topological polar surface area (TPSA) is 46.2 Å². The van der Waals surface area contributed by atoms with E-state index in [-0.39, 0.29) is 30.7 Å². The third-order valence-electron chi connectivity index (χ3n) is 1.70. The number of hydrogen-bond donors (Lipinski definition) is 1. The summed E-state index contributed by atoms with van der Waals surface area (Å²) in [4.78, 5) is 22.1. The van der Waals surface area contributed by atoms with Gasteiger partial charge in [-0.1, -0.05) is 15.9 Å². The minimum atomic E-state index is -0.323. The Balaban J connectivity index is 0.000000845. The summed E-state index contributed by atoms with van der Waals surface area (Å²) in [7, 11) is 0. The quantitative estimate of drug-likeness (QED) is 0.535. The van der Waals surface area contributed by atoms with Gasteiger partial charge < -0.3 is 0 Å². The van der Waals surface area contributed by atoms with E-state index in [1.54, 1.807) is 18.2 Å². The Morgan fingerprint density at radius 3 is 2.38 bits per heavy atom. The molecule has 0 spiro atoms. The first-order valence-electron chi connectivity index (χ1n) is 3.34. The smallest absolute Gasteiger partial charge is 0.258 e. The first-order chi connectivity index (χ1) is 5.68. The van der Waals surface area contributed by atoms with E-state index in [4.69, 9.17) is 0 Å². The van der Waals surface area contributed by atoms with E-state index < -0.39 is 0 Å². The van der Waals surface area contributed by atoms with Crippen LogP contribution in [0, 0.1) is 0 Å². The van der Waals surface area contributed by atoms with Crippen molar-refractivity contribution >= 4 is 46.6 Å². The Kier molecular flexibility index (Phi) is 2.97. The second-order valence-corrected chi connectivity index (χ2v) is 3.39. The van der Waals surface area contributed by atoms with E-state index in [1.165, 1.54) is 0 Å². The molecule has 0 unspecified atom stereocenters. The molecule has 0 saturated heterocycles. The maximum atomic E-state index is 11.1. The molecule has 2 amide bonds. The first-order valence-corrected chi connectivity index (χ1v) is 4.13. The first kappa shape index (κ1) is 10.5. The second kappa shape index (κ2) is 3.67. The molecule has 5 heteroatoms. The number of benzene rings is 1. The second-order valence-electron chi connectivity index (χ2n) is 2.47. The Morgan fingerprint density at radius 1 is 1.08 bits per heavy atom. The van der Waals surface area contributed by atoms with Crippen LogP contribution in [0.2, 0.25) is 0 Å². The standard InChI is InChI=1S/C8H4BrNO2.Li/c9-4-1-2-5-6(3-4)8(12)10-7(5)11;/h1-3H,(H,10,11,12);. The van der Waals surface area contributed by atoms with Crippen molar-refractivity contribution in [1.82, 2.24) is 5.32 Å². The molecule has 0 fully saturated rings. The van der Waals surface area contributed by atoms with Crippen molar-refractivity contribution < 1.29 is 9.59 Å². The molecule has 0 saturated carbocycles.